The maximum absolute atomic E-state index is 10.8. The van der Waals surface area contributed by atoms with Gasteiger partial charge in [-0.25, -0.2) is 4.79 Å². The molecule has 3 heteroatoms. The molecule has 0 fully saturated rings. The van der Waals surface area contributed by atoms with Gasteiger partial charge in [-0.2, -0.15) is 0 Å². The Morgan fingerprint density at radius 1 is 0.905 bits per heavy atom. The Morgan fingerprint density at radius 3 is 2.43 bits per heavy atom. The highest BCUT2D eigenvalue weighted by molar-refractivity contribution is 5.87. The third kappa shape index (κ3) is 3.08. The van der Waals surface area contributed by atoms with E-state index in [1.54, 1.807) is 12.1 Å². The summed E-state index contributed by atoms with van der Waals surface area (Å²) in [7, 11) is 0. The van der Waals surface area contributed by atoms with Crippen molar-refractivity contribution in [2.45, 2.75) is 12.8 Å². The fourth-order valence-electron chi connectivity index (χ4n) is 2.33. The molecule has 1 N–H and O–H groups in total. The summed E-state index contributed by atoms with van der Waals surface area (Å²) < 4.78 is 0. The van der Waals surface area contributed by atoms with Crippen LogP contribution in [-0.4, -0.2) is 16.1 Å². The Labute approximate surface area is 122 Å². The minimum atomic E-state index is -0.891. The molecule has 3 aromatic rings. The average Bonchev–Trinajstić information content (AvgIpc) is 2.53. The van der Waals surface area contributed by atoms with Crippen LogP contribution in [0.1, 0.15) is 21.6 Å². The Kier molecular flexibility index (Phi) is 3.65. The first-order valence-electron chi connectivity index (χ1n) is 6.89. The van der Waals surface area contributed by atoms with Crippen molar-refractivity contribution in [1.82, 2.24) is 4.98 Å². The molecule has 3 nitrogen and oxygen atoms in total. The topological polar surface area (TPSA) is 50.2 Å². The van der Waals surface area contributed by atoms with Gasteiger partial charge in [-0.05, 0) is 42.7 Å². The van der Waals surface area contributed by atoms with Crippen molar-refractivity contribution >= 4 is 16.9 Å². The standard InChI is InChI=1S/C18H15NO2/c20-18(21)15-8-5-13(6-9-15)7-11-16-12-10-14-3-1-2-4-17(14)19-16/h1-6,8-10,12H,7,11H2,(H,20,21). The molecule has 21 heavy (non-hydrogen) atoms. The largest absolute Gasteiger partial charge is 0.478 e. The summed E-state index contributed by atoms with van der Waals surface area (Å²) in [4.78, 5) is 15.4. The molecule has 0 aliphatic carbocycles. The number of aryl methyl sites for hydroxylation is 2. The van der Waals surface area contributed by atoms with Crippen molar-refractivity contribution in [3.05, 3.63) is 77.5 Å². The van der Waals surface area contributed by atoms with Crippen LogP contribution in [0.15, 0.2) is 60.7 Å². The molecule has 0 saturated heterocycles. The number of fused-ring (bicyclic) bond motifs is 1. The van der Waals surface area contributed by atoms with Gasteiger partial charge in [0.2, 0.25) is 0 Å². The van der Waals surface area contributed by atoms with Gasteiger partial charge in [-0.1, -0.05) is 36.4 Å². The Hall–Kier alpha value is -2.68. The van der Waals surface area contributed by atoms with E-state index in [2.05, 4.69) is 17.1 Å². The van der Waals surface area contributed by atoms with Crippen LogP contribution in [0.4, 0.5) is 0 Å². The summed E-state index contributed by atoms with van der Waals surface area (Å²) in [5.41, 5.74) is 3.50. The third-order valence-corrected chi connectivity index (χ3v) is 3.53. The van der Waals surface area contributed by atoms with Crippen molar-refractivity contribution in [2.75, 3.05) is 0 Å². The SMILES string of the molecule is O=C(O)c1ccc(CCc2ccc3ccccc3n2)cc1. The molecule has 0 aliphatic rings. The van der Waals surface area contributed by atoms with E-state index in [0.29, 0.717) is 5.56 Å². The maximum atomic E-state index is 10.8. The van der Waals surface area contributed by atoms with Crippen LogP contribution in [-0.2, 0) is 12.8 Å². The van der Waals surface area contributed by atoms with E-state index in [0.717, 1.165) is 35.0 Å². The zero-order valence-corrected chi connectivity index (χ0v) is 11.5. The van der Waals surface area contributed by atoms with Crippen LogP contribution >= 0.6 is 0 Å². The van der Waals surface area contributed by atoms with Gasteiger partial charge in [0.25, 0.3) is 0 Å². The van der Waals surface area contributed by atoms with Crippen molar-refractivity contribution in [3.8, 4) is 0 Å². The number of nitrogens with zero attached hydrogens (tertiary/aromatic N) is 1. The zero-order valence-electron chi connectivity index (χ0n) is 11.5. The van der Waals surface area contributed by atoms with E-state index in [9.17, 15) is 4.79 Å². The summed E-state index contributed by atoms with van der Waals surface area (Å²) >= 11 is 0. The number of hydrogen-bond donors (Lipinski definition) is 1. The molecule has 0 radical (unpaired) electrons. The average molecular weight is 277 g/mol. The van der Waals surface area contributed by atoms with E-state index in [1.165, 1.54) is 0 Å². The number of hydrogen-bond acceptors (Lipinski definition) is 2. The molecular formula is C18H15NO2. The summed E-state index contributed by atoms with van der Waals surface area (Å²) in [6.45, 7) is 0. The quantitative estimate of drug-likeness (QED) is 0.790. The summed E-state index contributed by atoms with van der Waals surface area (Å²) in [5, 5.41) is 10.0. The molecule has 1 aromatic heterocycles. The van der Waals surface area contributed by atoms with Crippen LogP contribution in [0.5, 0.6) is 0 Å². The Morgan fingerprint density at radius 2 is 1.67 bits per heavy atom. The van der Waals surface area contributed by atoms with Gasteiger partial charge in [-0.15, -0.1) is 0 Å². The number of rotatable bonds is 4. The predicted octanol–water partition coefficient (Wildman–Crippen LogP) is 3.72. The van der Waals surface area contributed by atoms with Gasteiger partial charge in [0.1, 0.15) is 0 Å². The van der Waals surface area contributed by atoms with Gasteiger partial charge < -0.3 is 5.11 Å². The summed E-state index contributed by atoms with van der Waals surface area (Å²) in [6, 6.07) is 19.2. The second-order valence-corrected chi connectivity index (χ2v) is 5.00. The first-order chi connectivity index (χ1) is 10.2. The van der Waals surface area contributed by atoms with Crippen molar-refractivity contribution in [3.63, 3.8) is 0 Å². The van der Waals surface area contributed by atoms with E-state index < -0.39 is 5.97 Å². The molecule has 0 aliphatic heterocycles. The van der Waals surface area contributed by atoms with Gasteiger partial charge in [0.05, 0.1) is 11.1 Å². The Bertz CT molecular complexity index is 779. The fraction of sp³-hybridized carbons (Fsp3) is 0.111. The molecule has 0 saturated carbocycles. The lowest BCUT2D eigenvalue weighted by molar-refractivity contribution is 0.0697. The zero-order chi connectivity index (χ0) is 14.7. The van der Waals surface area contributed by atoms with Crippen LogP contribution in [0, 0.1) is 0 Å². The lowest BCUT2D eigenvalue weighted by atomic mass is 10.1. The normalized spacial score (nSPS) is 10.7. The fourth-order valence-corrected chi connectivity index (χ4v) is 2.33. The molecule has 0 unspecified atom stereocenters. The maximum Gasteiger partial charge on any atom is 0.335 e. The monoisotopic (exact) mass is 277 g/mol. The van der Waals surface area contributed by atoms with Crippen molar-refractivity contribution in [1.29, 1.82) is 0 Å². The molecule has 0 spiro atoms. The number of pyridine rings is 1. The number of aromatic nitrogens is 1. The van der Waals surface area contributed by atoms with Gasteiger partial charge >= 0.3 is 5.97 Å². The molecule has 1 heterocycles. The Balaban J connectivity index is 1.72. The number of aromatic carboxylic acids is 1. The van der Waals surface area contributed by atoms with E-state index >= 15 is 0 Å². The minimum absolute atomic E-state index is 0.322. The second kappa shape index (κ2) is 5.75. The molecule has 0 bridgehead atoms. The van der Waals surface area contributed by atoms with Gasteiger partial charge in [0.15, 0.2) is 0 Å². The van der Waals surface area contributed by atoms with Crippen LogP contribution < -0.4 is 0 Å². The van der Waals surface area contributed by atoms with Gasteiger partial charge in [0, 0.05) is 11.1 Å². The van der Waals surface area contributed by atoms with Crippen LogP contribution in [0.3, 0.4) is 0 Å². The summed E-state index contributed by atoms with van der Waals surface area (Å²) in [5.74, 6) is -0.891. The second-order valence-electron chi connectivity index (χ2n) is 5.00. The molecule has 104 valence electrons. The van der Waals surface area contributed by atoms with E-state index in [4.69, 9.17) is 5.11 Å². The first kappa shape index (κ1) is 13.3. The lowest BCUT2D eigenvalue weighted by Crippen LogP contribution is -1.98. The van der Waals surface area contributed by atoms with Crippen molar-refractivity contribution < 1.29 is 9.90 Å². The van der Waals surface area contributed by atoms with E-state index in [-0.39, 0.29) is 0 Å². The molecule has 2 aromatic carbocycles. The molecule has 3 rings (SSSR count). The highest BCUT2D eigenvalue weighted by Gasteiger charge is 2.03. The number of benzene rings is 2. The number of carboxylic acid groups (broad SMARTS) is 1. The van der Waals surface area contributed by atoms with Crippen LogP contribution in [0.25, 0.3) is 10.9 Å². The first-order valence-corrected chi connectivity index (χ1v) is 6.89. The third-order valence-electron chi connectivity index (χ3n) is 3.53. The number of carboxylic acids is 1. The molecule has 0 atom stereocenters. The number of para-hydroxylation sites is 1. The highest BCUT2D eigenvalue weighted by atomic mass is 16.4. The van der Waals surface area contributed by atoms with Crippen LogP contribution in [0.2, 0.25) is 0 Å². The lowest BCUT2D eigenvalue weighted by Gasteiger charge is -2.04. The van der Waals surface area contributed by atoms with Gasteiger partial charge in [-0.3, -0.25) is 4.98 Å². The summed E-state index contributed by atoms with van der Waals surface area (Å²) in [6.07, 6.45) is 1.70. The smallest absolute Gasteiger partial charge is 0.335 e. The highest BCUT2D eigenvalue weighted by Crippen LogP contribution is 2.14. The minimum Gasteiger partial charge on any atom is -0.478 e. The predicted molar refractivity (Wildman–Crippen MR) is 82.6 cm³/mol. The van der Waals surface area contributed by atoms with Crippen molar-refractivity contribution in [2.24, 2.45) is 0 Å². The number of carbonyl (C=O) groups is 1. The van der Waals surface area contributed by atoms with E-state index in [1.807, 2.05) is 36.4 Å². The molecule has 0 amide bonds. The molecular weight excluding hydrogens is 262 g/mol.